The van der Waals surface area contributed by atoms with E-state index in [4.69, 9.17) is 18.0 Å². The summed E-state index contributed by atoms with van der Waals surface area (Å²) >= 11 is 6.62. The number of hydrogen-bond acceptors (Lipinski definition) is 3. The van der Waals surface area contributed by atoms with Crippen molar-refractivity contribution >= 4 is 44.5 Å². The van der Waals surface area contributed by atoms with Crippen molar-refractivity contribution in [1.82, 2.24) is 5.32 Å². The standard InChI is InChI=1S/C14H14N2OS2/c15-13(18)12(8-5-6-8)16-14(17)10-7-19-11-4-2-1-3-9(10)11/h1-4,7-8,12H,5-6H2,(H2,15,18)(H,16,17). The number of amides is 1. The number of nitrogens with two attached hydrogens (primary N) is 1. The van der Waals surface area contributed by atoms with Crippen molar-refractivity contribution in [2.24, 2.45) is 11.7 Å². The van der Waals surface area contributed by atoms with Gasteiger partial charge in [-0.05, 0) is 24.8 Å². The van der Waals surface area contributed by atoms with Crippen molar-refractivity contribution in [3.63, 3.8) is 0 Å². The van der Waals surface area contributed by atoms with Crippen molar-refractivity contribution in [1.29, 1.82) is 0 Å². The molecule has 0 saturated heterocycles. The van der Waals surface area contributed by atoms with E-state index in [1.807, 2.05) is 29.6 Å². The number of hydrogen-bond donors (Lipinski definition) is 2. The van der Waals surface area contributed by atoms with Crippen LogP contribution >= 0.6 is 23.6 Å². The summed E-state index contributed by atoms with van der Waals surface area (Å²) in [6, 6.07) is 7.73. The first kappa shape index (κ1) is 12.6. The maximum atomic E-state index is 12.3. The summed E-state index contributed by atoms with van der Waals surface area (Å²) < 4.78 is 1.12. The largest absolute Gasteiger partial charge is 0.392 e. The van der Waals surface area contributed by atoms with Crippen LogP contribution in [-0.4, -0.2) is 16.9 Å². The van der Waals surface area contributed by atoms with Crippen molar-refractivity contribution < 1.29 is 4.79 Å². The fraction of sp³-hybridized carbons (Fsp3) is 0.286. The average molecular weight is 290 g/mol. The molecule has 0 spiro atoms. The first-order valence-electron chi connectivity index (χ1n) is 6.23. The van der Waals surface area contributed by atoms with Crippen LogP contribution in [0.1, 0.15) is 23.2 Å². The van der Waals surface area contributed by atoms with Gasteiger partial charge in [0.25, 0.3) is 5.91 Å². The van der Waals surface area contributed by atoms with E-state index >= 15 is 0 Å². The summed E-state index contributed by atoms with van der Waals surface area (Å²) in [6.45, 7) is 0. The molecule has 1 fully saturated rings. The maximum Gasteiger partial charge on any atom is 0.253 e. The second-order valence-corrected chi connectivity index (χ2v) is 6.22. The Morgan fingerprint density at radius 1 is 1.42 bits per heavy atom. The minimum Gasteiger partial charge on any atom is -0.392 e. The van der Waals surface area contributed by atoms with Gasteiger partial charge in [-0.25, -0.2) is 0 Å². The lowest BCUT2D eigenvalue weighted by atomic mass is 10.1. The number of fused-ring (bicyclic) bond motifs is 1. The third-order valence-corrected chi connectivity index (χ3v) is 4.63. The first-order chi connectivity index (χ1) is 9.16. The Labute approximate surface area is 120 Å². The fourth-order valence-corrected chi connectivity index (χ4v) is 3.42. The zero-order valence-corrected chi connectivity index (χ0v) is 11.9. The second kappa shape index (κ2) is 4.90. The van der Waals surface area contributed by atoms with E-state index in [1.165, 1.54) is 0 Å². The van der Waals surface area contributed by atoms with Crippen LogP contribution in [0.4, 0.5) is 0 Å². The van der Waals surface area contributed by atoms with Gasteiger partial charge in [-0.3, -0.25) is 4.79 Å². The van der Waals surface area contributed by atoms with Crippen molar-refractivity contribution in [3.05, 3.63) is 35.2 Å². The van der Waals surface area contributed by atoms with Crippen molar-refractivity contribution in [2.75, 3.05) is 0 Å². The van der Waals surface area contributed by atoms with Crippen molar-refractivity contribution in [3.8, 4) is 0 Å². The van der Waals surface area contributed by atoms with Crippen LogP contribution in [0, 0.1) is 5.92 Å². The van der Waals surface area contributed by atoms with E-state index in [-0.39, 0.29) is 11.9 Å². The summed E-state index contributed by atoms with van der Waals surface area (Å²) in [5, 5.41) is 5.86. The molecule has 3 rings (SSSR count). The van der Waals surface area contributed by atoms with Crippen LogP contribution in [0.25, 0.3) is 10.1 Å². The van der Waals surface area contributed by atoms with Gasteiger partial charge in [-0.2, -0.15) is 0 Å². The van der Waals surface area contributed by atoms with E-state index in [0.717, 1.165) is 22.9 Å². The zero-order valence-electron chi connectivity index (χ0n) is 10.3. The van der Waals surface area contributed by atoms with E-state index in [9.17, 15) is 4.79 Å². The molecule has 1 atom stereocenters. The number of thiophene rings is 1. The molecule has 1 amide bonds. The summed E-state index contributed by atoms with van der Waals surface area (Å²) in [5.74, 6) is 0.341. The van der Waals surface area contributed by atoms with Gasteiger partial charge in [-0.1, -0.05) is 30.4 Å². The molecule has 1 saturated carbocycles. The van der Waals surface area contributed by atoms with E-state index < -0.39 is 0 Å². The molecule has 1 aromatic heterocycles. The van der Waals surface area contributed by atoms with Crippen LogP contribution in [0.3, 0.4) is 0 Å². The van der Waals surface area contributed by atoms with Gasteiger partial charge >= 0.3 is 0 Å². The predicted octanol–water partition coefficient (Wildman–Crippen LogP) is 2.70. The van der Waals surface area contributed by atoms with Gasteiger partial charge in [0.15, 0.2) is 0 Å². The van der Waals surface area contributed by atoms with Crippen LogP contribution in [0.15, 0.2) is 29.6 Å². The summed E-state index contributed by atoms with van der Waals surface area (Å²) in [5.41, 5.74) is 6.42. The summed E-state index contributed by atoms with van der Waals surface area (Å²) in [4.78, 5) is 12.7. The van der Waals surface area contributed by atoms with Gasteiger partial charge in [-0.15, -0.1) is 11.3 Å². The quantitative estimate of drug-likeness (QED) is 0.851. The minimum absolute atomic E-state index is 0.0813. The minimum atomic E-state index is -0.166. The lowest BCUT2D eigenvalue weighted by molar-refractivity contribution is 0.0946. The van der Waals surface area contributed by atoms with Gasteiger partial charge in [0, 0.05) is 15.5 Å². The molecule has 1 unspecified atom stereocenters. The lowest BCUT2D eigenvalue weighted by Gasteiger charge is -2.16. The number of carbonyl (C=O) groups is 1. The molecule has 3 N–H and O–H groups in total. The third-order valence-electron chi connectivity index (χ3n) is 3.41. The molecule has 5 heteroatoms. The van der Waals surface area contributed by atoms with E-state index in [0.29, 0.717) is 16.5 Å². The van der Waals surface area contributed by atoms with E-state index in [2.05, 4.69) is 5.32 Å². The Bertz CT molecular complexity index is 646. The average Bonchev–Trinajstić information content (AvgIpc) is 3.14. The number of carbonyl (C=O) groups excluding carboxylic acids is 1. The van der Waals surface area contributed by atoms with Crippen molar-refractivity contribution in [2.45, 2.75) is 18.9 Å². The lowest BCUT2D eigenvalue weighted by Crippen LogP contribution is -2.44. The molecular formula is C14H14N2OS2. The number of rotatable bonds is 4. The second-order valence-electron chi connectivity index (χ2n) is 4.84. The molecule has 2 aromatic rings. The highest BCUT2D eigenvalue weighted by Gasteiger charge is 2.34. The van der Waals surface area contributed by atoms with E-state index in [1.54, 1.807) is 11.3 Å². The molecule has 0 bridgehead atoms. The Morgan fingerprint density at radius 2 is 2.16 bits per heavy atom. The van der Waals surface area contributed by atoms with Crippen LogP contribution < -0.4 is 11.1 Å². The Balaban J connectivity index is 1.85. The number of benzene rings is 1. The molecule has 1 aromatic carbocycles. The molecule has 3 nitrogen and oxygen atoms in total. The monoisotopic (exact) mass is 290 g/mol. The topological polar surface area (TPSA) is 55.1 Å². The van der Waals surface area contributed by atoms with Gasteiger partial charge in [0.05, 0.1) is 16.6 Å². The molecule has 98 valence electrons. The van der Waals surface area contributed by atoms with Gasteiger partial charge in [0.2, 0.25) is 0 Å². The Kier molecular flexibility index (Phi) is 3.24. The highest BCUT2D eigenvalue weighted by Crippen LogP contribution is 2.33. The SMILES string of the molecule is NC(=S)C(NC(=O)c1csc2ccccc12)C1CC1. The smallest absolute Gasteiger partial charge is 0.253 e. The maximum absolute atomic E-state index is 12.3. The number of nitrogens with one attached hydrogen (secondary N) is 1. The van der Waals surface area contributed by atoms with Gasteiger partial charge in [0.1, 0.15) is 0 Å². The normalized spacial score (nSPS) is 16.2. The fourth-order valence-electron chi connectivity index (χ4n) is 2.22. The molecule has 0 radical (unpaired) electrons. The molecule has 0 aliphatic heterocycles. The molecule has 1 heterocycles. The highest BCUT2D eigenvalue weighted by molar-refractivity contribution is 7.80. The molecule has 1 aliphatic rings. The zero-order chi connectivity index (χ0) is 13.4. The van der Waals surface area contributed by atoms with Gasteiger partial charge < -0.3 is 11.1 Å². The third kappa shape index (κ3) is 2.48. The molecular weight excluding hydrogens is 276 g/mol. The Hall–Kier alpha value is -1.46. The first-order valence-corrected chi connectivity index (χ1v) is 7.52. The predicted molar refractivity (Wildman–Crippen MR) is 82.6 cm³/mol. The molecule has 19 heavy (non-hydrogen) atoms. The van der Waals surface area contributed by atoms with Crippen LogP contribution in [0.2, 0.25) is 0 Å². The summed E-state index contributed by atoms with van der Waals surface area (Å²) in [6.07, 6.45) is 2.18. The summed E-state index contributed by atoms with van der Waals surface area (Å²) in [7, 11) is 0. The number of thiocarbonyl (C=S) groups is 1. The van der Waals surface area contributed by atoms with Crippen LogP contribution in [-0.2, 0) is 0 Å². The Morgan fingerprint density at radius 3 is 2.84 bits per heavy atom. The highest BCUT2D eigenvalue weighted by atomic mass is 32.1. The van der Waals surface area contributed by atoms with Crippen LogP contribution in [0.5, 0.6) is 0 Å². The molecule has 1 aliphatic carbocycles.